The summed E-state index contributed by atoms with van der Waals surface area (Å²) in [5.74, 6) is 1.30. The topological polar surface area (TPSA) is 59.2 Å². The second kappa shape index (κ2) is 5.45. The van der Waals surface area contributed by atoms with Gasteiger partial charge in [0.05, 0.1) is 6.42 Å². The van der Waals surface area contributed by atoms with Crippen LogP contribution in [-0.4, -0.2) is 34.1 Å². The van der Waals surface area contributed by atoms with Crippen molar-refractivity contribution in [2.75, 3.05) is 13.1 Å². The van der Waals surface area contributed by atoms with Crippen LogP contribution in [0, 0.1) is 6.92 Å². The Labute approximate surface area is 117 Å². The third-order valence-corrected chi connectivity index (χ3v) is 3.52. The largest absolute Gasteiger partial charge is 0.425 e. The van der Waals surface area contributed by atoms with Crippen LogP contribution in [-0.2, 0) is 6.42 Å². The molecule has 1 aromatic heterocycles. The maximum absolute atomic E-state index is 12.2. The van der Waals surface area contributed by atoms with E-state index in [4.69, 9.17) is 4.42 Å². The van der Waals surface area contributed by atoms with Gasteiger partial charge >= 0.3 is 0 Å². The van der Waals surface area contributed by atoms with E-state index in [1.807, 2.05) is 29.2 Å². The summed E-state index contributed by atoms with van der Waals surface area (Å²) in [6.45, 7) is 3.53. The normalized spacial score (nSPS) is 14.8. The second-order valence-corrected chi connectivity index (χ2v) is 5.09. The van der Waals surface area contributed by atoms with Crippen LogP contribution in [0.5, 0.6) is 0 Å². The molecule has 1 aliphatic heterocycles. The van der Waals surface area contributed by atoms with Gasteiger partial charge in [-0.05, 0) is 30.5 Å². The molecule has 2 aromatic rings. The van der Waals surface area contributed by atoms with Crippen molar-refractivity contribution in [3.63, 3.8) is 0 Å². The summed E-state index contributed by atoms with van der Waals surface area (Å²) in [5, 5.41) is 7.77. The number of benzene rings is 1. The van der Waals surface area contributed by atoms with Gasteiger partial charge in [-0.15, -0.1) is 10.2 Å². The molecule has 5 nitrogen and oxygen atoms in total. The molecule has 5 heteroatoms. The number of likely N-dealkylation sites (tertiary alicyclic amines) is 1. The Balaban J connectivity index is 1.69. The molecule has 104 valence electrons. The molecular formula is C15H17N3O2. The lowest BCUT2D eigenvalue weighted by Crippen LogP contribution is -2.27. The molecule has 1 amide bonds. The summed E-state index contributed by atoms with van der Waals surface area (Å²) < 4.78 is 5.35. The quantitative estimate of drug-likeness (QED) is 0.858. The summed E-state index contributed by atoms with van der Waals surface area (Å²) in [5.41, 5.74) is 1.81. The van der Waals surface area contributed by atoms with E-state index in [1.54, 1.807) is 6.92 Å². The van der Waals surface area contributed by atoms with Gasteiger partial charge in [0.2, 0.25) is 11.8 Å². The van der Waals surface area contributed by atoms with Crippen molar-refractivity contribution in [3.8, 4) is 0 Å². The number of amides is 1. The Bertz CT molecular complexity index is 598. The van der Waals surface area contributed by atoms with Crippen molar-refractivity contribution in [1.29, 1.82) is 0 Å². The number of hydrogen-bond acceptors (Lipinski definition) is 4. The minimum Gasteiger partial charge on any atom is -0.425 e. The van der Waals surface area contributed by atoms with Gasteiger partial charge in [0, 0.05) is 25.6 Å². The van der Waals surface area contributed by atoms with Crippen molar-refractivity contribution < 1.29 is 9.21 Å². The van der Waals surface area contributed by atoms with E-state index in [9.17, 15) is 4.79 Å². The number of hydrogen-bond donors (Lipinski definition) is 0. The van der Waals surface area contributed by atoms with Crippen LogP contribution in [0.15, 0.2) is 28.7 Å². The zero-order chi connectivity index (χ0) is 13.9. The Kier molecular flexibility index (Phi) is 3.50. The predicted octanol–water partition coefficient (Wildman–Crippen LogP) is 2.20. The van der Waals surface area contributed by atoms with E-state index in [-0.39, 0.29) is 5.91 Å². The molecule has 2 heterocycles. The fraction of sp³-hybridized carbons (Fsp3) is 0.400. The van der Waals surface area contributed by atoms with Crippen LogP contribution in [0.4, 0.5) is 0 Å². The Morgan fingerprint density at radius 1 is 1.20 bits per heavy atom. The molecule has 0 radical (unpaired) electrons. The lowest BCUT2D eigenvalue weighted by molar-refractivity contribution is 0.0793. The van der Waals surface area contributed by atoms with Crippen LogP contribution in [0.3, 0.4) is 0 Å². The highest BCUT2D eigenvalue weighted by atomic mass is 16.4. The molecule has 0 N–H and O–H groups in total. The highest BCUT2D eigenvalue weighted by Crippen LogP contribution is 2.15. The molecule has 0 atom stereocenters. The Morgan fingerprint density at radius 3 is 2.50 bits per heavy atom. The number of rotatable bonds is 3. The molecule has 1 fully saturated rings. The van der Waals surface area contributed by atoms with Crippen molar-refractivity contribution in [1.82, 2.24) is 15.1 Å². The first kappa shape index (κ1) is 12.8. The van der Waals surface area contributed by atoms with E-state index < -0.39 is 0 Å². The minimum atomic E-state index is 0.127. The van der Waals surface area contributed by atoms with Gasteiger partial charge in [-0.25, -0.2) is 0 Å². The molecule has 0 bridgehead atoms. The number of carbonyl (C=O) groups excluding carboxylic acids is 1. The van der Waals surface area contributed by atoms with Gasteiger partial charge in [0.1, 0.15) is 0 Å². The maximum atomic E-state index is 12.2. The first-order valence-corrected chi connectivity index (χ1v) is 6.89. The van der Waals surface area contributed by atoms with Gasteiger partial charge in [0.25, 0.3) is 5.91 Å². The minimum absolute atomic E-state index is 0.127. The smallest absolute Gasteiger partial charge is 0.253 e. The van der Waals surface area contributed by atoms with Gasteiger partial charge in [-0.1, -0.05) is 12.1 Å². The Morgan fingerprint density at radius 2 is 1.90 bits per heavy atom. The predicted molar refractivity (Wildman–Crippen MR) is 73.4 cm³/mol. The number of carbonyl (C=O) groups is 1. The van der Waals surface area contributed by atoms with E-state index in [0.717, 1.165) is 37.1 Å². The number of aryl methyl sites for hydroxylation is 1. The lowest BCUT2D eigenvalue weighted by Gasteiger charge is -2.15. The fourth-order valence-electron chi connectivity index (χ4n) is 2.45. The molecule has 0 unspecified atom stereocenters. The van der Waals surface area contributed by atoms with Gasteiger partial charge in [-0.3, -0.25) is 4.79 Å². The highest BCUT2D eigenvalue weighted by Gasteiger charge is 2.19. The van der Waals surface area contributed by atoms with Gasteiger partial charge in [0.15, 0.2) is 0 Å². The molecule has 0 spiro atoms. The molecule has 0 aliphatic carbocycles. The second-order valence-electron chi connectivity index (χ2n) is 5.09. The average molecular weight is 271 g/mol. The molecule has 1 saturated heterocycles. The third-order valence-electron chi connectivity index (χ3n) is 3.52. The third kappa shape index (κ3) is 2.71. The standard InChI is InChI=1S/C15H17N3O2/c1-11-16-17-14(20-11)10-12-4-6-13(7-5-12)15(19)18-8-2-3-9-18/h4-7H,2-3,8-10H2,1H3. The van der Waals surface area contributed by atoms with Crippen LogP contribution in [0.25, 0.3) is 0 Å². The molecular weight excluding hydrogens is 254 g/mol. The molecule has 1 aromatic carbocycles. The first-order valence-electron chi connectivity index (χ1n) is 6.89. The van der Waals surface area contributed by atoms with Gasteiger partial charge in [-0.2, -0.15) is 0 Å². The van der Waals surface area contributed by atoms with Crippen molar-refractivity contribution >= 4 is 5.91 Å². The van der Waals surface area contributed by atoms with E-state index >= 15 is 0 Å². The first-order chi connectivity index (χ1) is 9.72. The number of nitrogens with zero attached hydrogens (tertiary/aromatic N) is 3. The molecule has 20 heavy (non-hydrogen) atoms. The molecule has 1 aliphatic rings. The summed E-state index contributed by atoms with van der Waals surface area (Å²) in [6, 6.07) is 7.64. The highest BCUT2D eigenvalue weighted by molar-refractivity contribution is 5.94. The van der Waals surface area contributed by atoms with E-state index in [0.29, 0.717) is 18.2 Å². The average Bonchev–Trinajstić information content (AvgIpc) is 3.11. The maximum Gasteiger partial charge on any atom is 0.253 e. The SMILES string of the molecule is Cc1nnc(Cc2ccc(C(=O)N3CCCC3)cc2)o1. The zero-order valence-electron chi connectivity index (χ0n) is 11.5. The van der Waals surface area contributed by atoms with E-state index in [2.05, 4.69) is 10.2 Å². The summed E-state index contributed by atoms with van der Waals surface area (Å²) >= 11 is 0. The van der Waals surface area contributed by atoms with Crippen LogP contribution in [0.2, 0.25) is 0 Å². The van der Waals surface area contributed by atoms with Crippen molar-refractivity contribution in [2.24, 2.45) is 0 Å². The van der Waals surface area contributed by atoms with E-state index in [1.165, 1.54) is 0 Å². The Hall–Kier alpha value is -2.17. The van der Waals surface area contributed by atoms with Crippen LogP contribution < -0.4 is 0 Å². The van der Waals surface area contributed by atoms with Crippen molar-refractivity contribution in [2.45, 2.75) is 26.2 Å². The van der Waals surface area contributed by atoms with Crippen LogP contribution in [0.1, 0.15) is 40.5 Å². The summed E-state index contributed by atoms with van der Waals surface area (Å²) in [7, 11) is 0. The van der Waals surface area contributed by atoms with Gasteiger partial charge < -0.3 is 9.32 Å². The fourth-order valence-corrected chi connectivity index (χ4v) is 2.45. The summed E-state index contributed by atoms with van der Waals surface area (Å²) in [6.07, 6.45) is 2.82. The lowest BCUT2D eigenvalue weighted by atomic mass is 10.1. The molecule has 3 rings (SSSR count). The summed E-state index contributed by atoms with van der Waals surface area (Å²) in [4.78, 5) is 14.1. The van der Waals surface area contributed by atoms with Crippen LogP contribution >= 0.6 is 0 Å². The zero-order valence-corrected chi connectivity index (χ0v) is 11.5. The number of aromatic nitrogens is 2. The van der Waals surface area contributed by atoms with Crippen molar-refractivity contribution in [3.05, 3.63) is 47.2 Å². The molecule has 0 saturated carbocycles. The monoisotopic (exact) mass is 271 g/mol.